The van der Waals surface area contributed by atoms with E-state index in [1.165, 1.54) is 23.1 Å². The highest BCUT2D eigenvalue weighted by Gasteiger charge is 2.56. The fourth-order valence-electron chi connectivity index (χ4n) is 4.93. The van der Waals surface area contributed by atoms with E-state index in [9.17, 15) is 22.0 Å². The van der Waals surface area contributed by atoms with Gasteiger partial charge in [-0.25, -0.2) is 26.7 Å². The van der Waals surface area contributed by atoms with Crippen LogP contribution in [0.25, 0.3) is 22.1 Å². The maximum Gasteiger partial charge on any atom is 0.326 e. The Morgan fingerprint density at radius 1 is 1.15 bits per heavy atom. The van der Waals surface area contributed by atoms with Crippen molar-refractivity contribution >= 4 is 32.8 Å². The van der Waals surface area contributed by atoms with Crippen LogP contribution in [0.2, 0.25) is 0 Å². The molecule has 11 heteroatoms. The molecule has 2 saturated heterocycles. The first-order chi connectivity index (χ1) is 16.0. The molecule has 2 aliphatic rings. The largest absolute Gasteiger partial charge is 0.354 e. The number of hydrogen-bond acceptors (Lipinski definition) is 5. The summed E-state index contributed by atoms with van der Waals surface area (Å²) in [6.07, 6.45) is 0. The Balaban J connectivity index is 1.55. The maximum atomic E-state index is 14.6. The van der Waals surface area contributed by atoms with Gasteiger partial charge in [0.2, 0.25) is 10.0 Å². The number of fused-ring (bicyclic) bond motifs is 2. The molecule has 180 valence electrons. The highest BCUT2D eigenvalue weighted by Crippen LogP contribution is 2.45. The number of hydrogen-bond donors (Lipinski definition) is 1. The predicted molar refractivity (Wildman–Crippen MR) is 123 cm³/mol. The summed E-state index contributed by atoms with van der Waals surface area (Å²) >= 11 is 0. The van der Waals surface area contributed by atoms with E-state index in [2.05, 4.69) is 9.88 Å². The smallest absolute Gasteiger partial charge is 0.326 e. The first kappa shape index (κ1) is 22.7. The van der Waals surface area contributed by atoms with Gasteiger partial charge >= 0.3 is 6.03 Å². The third-order valence-corrected chi connectivity index (χ3v) is 8.42. The summed E-state index contributed by atoms with van der Waals surface area (Å²) in [5.74, 6) is -1.35. The van der Waals surface area contributed by atoms with Crippen LogP contribution in [0, 0.1) is 17.0 Å². The second kappa shape index (κ2) is 7.74. The number of aromatic nitrogens is 1. The van der Waals surface area contributed by atoms with Crippen molar-refractivity contribution < 1.29 is 26.5 Å². The van der Waals surface area contributed by atoms with Gasteiger partial charge in [-0.3, -0.25) is 4.90 Å². The lowest BCUT2D eigenvalue weighted by molar-refractivity contribution is 0.204. The van der Waals surface area contributed by atoms with Gasteiger partial charge in [0, 0.05) is 23.6 Å². The highest BCUT2D eigenvalue weighted by molar-refractivity contribution is 7.89. The van der Waals surface area contributed by atoms with E-state index >= 15 is 0 Å². The Kier molecular flexibility index (Phi) is 5.17. The molecule has 0 bridgehead atoms. The van der Waals surface area contributed by atoms with Crippen LogP contribution < -0.4 is 9.62 Å². The molecule has 0 aliphatic carbocycles. The Labute approximate surface area is 195 Å². The number of benzene rings is 2. The Bertz CT molecular complexity index is 1380. The molecule has 2 amide bonds. The average Bonchev–Trinajstić information content (AvgIpc) is 3.41. The van der Waals surface area contributed by atoms with Crippen molar-refractivity contribution in [2.24, 2.45) is 5.41 Å². The molecule has 8 nitrogen and oxygen atoms in total. The van der Waals surface area contributed by atoms with Gasteiger partial charge < -0.3 is 9.42 Å². The molecule has 2 aromatic carbocycles. The number of nitrogens with zero attached hydrogens (tertiary/aromatic N) is 3. The Hall–Kier alpha value is -3.05. The number of amides is 2. The average molecular weight is 491 g/mol. The molecule has 0 radical (unpaired) electrons. The Morgan fingerprint density at radius 2 is 1.82 bits per heavy atom. The Morgan fingerprint density at radius 3 is 2.47 bits per heavy atom. The zero-order valence-electron chi connectivity index (χ0n) is 18.9. The molecule has 1 N–H and O–H groups in total. The van der Waals surface area contributed by atoms with Crippen molar-refractivity contribution in [1.29, 1.82) is 0 Å². The van der Waals surface area contributed by atoms with Crippen molar-refractivity contribution in [3.63, 3.8) is 0 Å². The summed E-state index contributed by atoms with van der Waals surface area (Å²) in [4.78, 5) is 16.5. The second-order valence-corrected chi connectivity index (χ2v) is 11.3. The summed E-state index contributed by atoms with van der Waals surface area (Å²) < 4.78 is 61.7. The lowest BCUT2D eigenvalue weighted by Crippen LogP contribution is -2.48. The lowest BCUT2D eigenvalue weighted by Gasteiger charge is -2.31. The molecule has 3 aromatic rings. The molecule has 0 unspecified atom stereocenters. The van der Waals surface area contributed by atoms with E-state index in [4.69, 9.17) is 4.52 Å². The minimum atomic E-state index is -3.45. The van der Waals surface area contributed by atoms with Crippen LogP contribution >= 0.6 is 0 Å². The summed E-state index contributed by atoms with van der Waals surface area (Å²) in [7, 11) is -3.45. The molecule has 1 aromatic heterocycles. The second-order valence-electron chi connectivity index (χ2n) is 9.24. The van der Waals surface area contributed by atoms with Gasteiger partial charge in [-0.15, -0.1) is 0 Å². The molecule has 0 spiro atoms. The maximum absolute atomic E-state index is 14.6. The number of carbonyl (C=O) groups is 1. The van der Waals surface area contributed by atoms with E-state index in [1.54, 1.807) is 30.0 Å². The van der Waals surface area contributed by atoms with Crippen LogP contribution in [0.15, 0.2) is 40.9 Å². The normalized spacial score (nSPS) is 22.1. The van der Waals surface area contributed by atoms with E-state index in [1.807, 2.05) is 13.8 Å². The standard InChI is InChI=1S/C23H24F2N4O4S/c1-4-34(31,32)27-17-11-28-18(23(17,2)3)12-29(22(28)30)21-20-13(7-5-10-16(20)33-26-21)19-14(24)8-6-9-15(19)25/h5-10,17-18,27H,4,11-12H2,1-3H3/t17-,18-/m1/s1. The quantitative estimate of drug-likeness (QED) is 0.588. The topological polar surface area (TPSA) is 95.8 Å². The molecule has 2 fully saturated rings. The van der Waals surface area contributed by atoms with E-state index in [-0.39, 0.29) is 47.9 Å². The van der Waals surface area contributed by atoms with Gasteiger partial charge in [0.15, 0.2) is 11.4 Å². The van der Waals surface area contributed by atoms with Gasteiger partial charge in [-0.05, 0) is 25.1 Å². The molecule has 5 rings (SSSR count). The van der Waals surface area contributed by atoms with Gasteiger partial charge in [0.1, 0.15) is 11.6 Å². The molecule has 3 heterocycles. The zero-order chi connectivity index (χ0) is 24.4. The van der Waals surface area contributed by atoms with E-state index < -0.39 is 33.1 Å². The number of anilines is 1. The van der Waals surface area contributed by atoms with Crippen LogP contribution in [0.1, 0.15) is 20.8 Å². The lowest BCUT2D eigenvalue weighted by atomic mass is 9.81. The van der Waals surface area contributed by atoms with Crippen LogP contribution in [0.5, 0.6) is 0 Å². The van der Waals surface area contributed by atoms with Crippen LogP contribution in [-0.4, -0.2) is 55.4 Å². The molecular formula is C23H24F2N4O4S. The highest BCUT2D eigenvalue weighted by atomic mass is 32.2. The van der Waals surface area contributed by atoms with Crippen LogP contribution in [0.3, 0.4) is 0 Å². The number of nitrogens with one attached hydrogen (secondary N) is 1. The minimum Gasteiger partial charge on any atom is -0.354 e. The SMILES string of the molecule is CCS(=O)(=O)N[C@@H]1CN2C(=O)N(c3noc4cccc(-c5c(F)cccc5F)c34)C[C@@H]2C1(C)C. The van der Waals surface area contributed by atoms with Crippen molar-refractivity contribution in [2.45, 2.75) is 32.9 Å². The first-order valence-electron chi connectivity index (χ1n) is 11.0. The summed E-state index contributed by atoms with van der Waals surface area (Å²) in [5.41, 5.74) is -0.258. The van der Waals surface area contributed by atoms with Gasteiger partial charge in [0.05, 0.1) is 29.3 Å². The fourth-order valence-corrected chi connectivity index (χ4v) is 5.91. The van der Waals surface area contributed by atoms with Crippen molar-refractivity contribution in [3.05, 3.63) is 48.0 Å². The number of urea groups is 1. The molecule has 2 aliphatic heterocycles. The van der Waals surface area contributed by atoms with Gasteiger partial charge in [-0.2, -0.15) is 0 Å². The minimum absolute atomic E-state index is 0.0510. The van der Waals surface area contributed by atoms with E-state index in [0.717, 1.165) is 0 Å². The number of rotatable bonds is 5. The monoisotopic (exact) mass is 490 g/mol. The number of halogens is 2. The van der Waals surface area contributed by atoms with Gasteiger partial charge in [-0.1, -0.05) is 37.2 Å². The van der Waals surface area contributed by atoms with Crippen molar-refractivity contribution in [2.75, 3.05) is 23.7 Å². The summed E-state index contributed by atoms with van der Waals surface area (Å²) in [6, 6.07) is 7.31. The van der Waals surface area contributed by atoms with Gasteiger partial charge in [0.25, 0.3) is 0 Å². The van der Waals surface area contributed by atoms with Crippen molar-refractivity contribution in [3.8, 4) is 11.1 Å². The predicted octanol–water partition coefficient (Wildman–Crippen LogP) is 3.73. The zero-order valence-corrected chi connectivity index (χ0v) is 19.7. The molecule has 0 saturated carbocycles. The summed E-state index contributed by atoms with van der Waals surface area (Å²) in [6.45, 7) is 5.82. The molecular weight excluding hydrogens is 466 g/mol. The summed E-state index contributed by atoms with van der Waals surface area (Å²) in [5, 5.41) is 4.42. The van der Waals surface area contributed by atoms with E-state index in [0.29, 0.717) is 11.0 Å². The van der Waals surface area contributed by atoms with Crippen molar-refractivity contribution in [1.82, 2.24) is 14.8 Å². The third kappa shape index (κ3) is 3.37. The fraction of sp³-hybridized carbons (Fsp3) is 0.391. The molecule has 2 atom stereocenters. The first-order valence-corrected chi connectivity index (χ1v) is 12.6. The third-order valence-electron chi connectivity index (χ3n) is 7.01. The number of sulfonamides is 1. The number of carbonyl (C=O) groups excluding carboxylic acids is 1. The van der Waals surface area contributed by atoms with Crippen LogP contribution in [-0.2, 0) is 10.0 Å². The molecule has 34 heavy (non-hydrogen) atoms. The van der Waals surface area contributed by atoms with Crippen LogP contribution in [0.4, 0.5) is 19.4 Å².